The van der Waals surface area contributed by atoms with Crippen molar-refractivity contribution in [1.82, 2.24) is 0 Å². The van der Waals surface area contributed by atoms with Crippen molar-refractivity contribution in [2.24, 2.45) is 57.2 Å². The third kappa shape index (κ3) is 4.37. The highest BCUT2D eigenvalue weighted by Crippen LogP contribution is 2.89. The zero-order valence-corrected chi connectivity index (χ0v) is 27.3. The van der Waals surface area contributed by atoms with E-state index in [2.05, 4.69) is 34.6 Å². The number of fused-ring (bicyclic) bond motifs is 2. The maximum Gasteiger partial charge on any atom is 0.160 e. The van der Waals surface area contributed by atoms with Gasteiger partial charge in [0.2, 0.25) is 0 Å². The number of ether oxygens (including phenoxy) is 2. The summed E-state index contributed by atoms with van der Waals surface area (Å²) in [6.07, 6.45) is 6.11. The molecule has 2 spiro atoms. The Morgan fingerprint density at radius 3 is 2.31 bits per heavy atom. The summed E-state index contributed by atoms with van der Waals surface area (Å²) in [5.41, 5.74) is -0.304. The van der Waals surface area contributed by atoms with E-state index < -0.39 is 36.3 Å². The maximum absolute atomic E-state index is 11.8. The van der Waals surface area contributed by atoms with Crippen molar-refractivity contribution in [3.8, 4) is 0 Å². The normalized spacial score (nSPS) is 53.9. The second kappa shape index (κ2) is 10.4. The second-order valence-corrected chi connectivity index (χ2v) is 17.4. The first-order valence-electron chi connectivity index (χ1n) is 17.2. The molecule has 5 saturated carbocycles. The van der Waals surface area contributed by atoms with E-state index in [1.54, 1.807) is 0 Å². The lowest BCUT2D eigenvalue weighted by atomic mass is 9.46. The van der Waals surface area contributed by atoms with E-state index in [1.807, 2.05) is 13.8 Å². The quantitative estimate of drug-likeness (QED) is 0.273. The Morgan fingerprint density at radius 2 is 1.64 bits per heavy atom. The molecule has 7 heteroatoms. The highest BCUT2D eigenvalue weighted by molar-refractivity contribution is 5.33. The standard InChI is InChI=1S/C35H60O7/c1-19(9-8-13-31(3,4)40)27-29(38)30(39)28-21-10-11-24-32(5,6)25(42-26-17-22(36)23(37)18-41-26)12-14-35(24)20(2)34(21,35)16-15-33(27,28)7/h19-30,36-40H,8-18H2,1-7H3/t19-,20+,21+,22-,23-,24?,25+,26+,27+,28?,29+,30?,33-,34+,35?/m1/s1. The van der Waals surface area contributed by atoms with Crippen molar-refractivity contribution >= 4 is 0 Å². The molecule has 5 aliphatic carbocycles. The predicted octanol–water partition coefficient (Wildman–Crippen LogP) is 4.65. The zero-order chi connectivity index (χ0) is 30.6. The number of aliphatic hydroxyl groups is 5. The highest BCUT2D eigenvalue weighted by atomic mass is 16.7. The first-order valence-corrected chi connectivity index (χ1v) is 17.2. The Kier molecular flexibility index (Phi) is 7.82. The van der Waals surface area contributed by atoms with Crippen LogP contribution in [-0.2, 0) is 9.47 Å². The fourth-order valence-electron chi connectivity index (χ4n) is 13.0. The molecule has 0 bridgehead atoms. The molecule has 1 heterocycles. The number of hydrogen-bond donors (Lipinski definition) is 5. The first kappa shape index (κ1) is 31.7. The second-order valence-electron chi connectivity index (χ2n) is 17.4. The fraction of sp³-hybridized carbons (Fsp3) is 1.00. The van der Waals surface area contributed by atoms with E-state index in [1.165, 1.54) is 6.42 Å². The van der Waals surface area contributed by atoms with Gasteiger partial charge in [-0.05, 0) is 116 Å². The molecule has 0 radical (unpaired) electrons. The molecular formula is C35H60O7. The van der Waals surface area contributed by atoms with Gasteiger partial charge in [0.15, 0.2) is 6.29 Å². The summed E-state index contributed by atoms with van der Waals surface area (Å²) < 4.78 is 12.4. The molecule has 0 aromatic carbocycles. The molecule has 0 amide bonds. The summed E-state index contributed by atoms with van der Waals surface area (Å²) in [5.74, 6) is 2.08. The molecule has 42 heavy (non-hydrogen) atoms. The van der Waals surface area contributed by atoms with E-state index in [-0.39, 0.29) is 46.2 Å². The smallest absolute Gasteiger partial charge is 0.160 e. The van der Waals surface area contributed by atoms with Gasteiger partial charge in [0.1, 0.15) is 6.10 Å². The van der Waals surface area contributed by atoms with Crippen LogP contribution >= 0.6 is 0 Å². The van der Waals surface area contributed by atoms with Gasteiger partial charge in [0.05, 0.1) is 36.6 Å². The average molecular weight is 593 g/mol. The molecular weight excluding hydrogens is 532 g/mol. The van der Waals surface area contributed by atoms with Crippen molar-refractivity contribution in [1.29, 1.82) is 0 Å². The Labute approximate surface area is 253 Å². The van der Waals surface area contributed by atoms with Crippen molar-refractivity contribution in [3.63, 3.8) is 0 Å². The fourth-order valence-corrected chi connectivity index (χ4v) is 13.0. The van der Waals surface area contributed by atoms with Crippen LogP contribution in [0.15, 0.2) is 0 Å². The zero-order valence-electron chi connectivity index (χ0n) is 27.3. The summed E-state index contributed by atoms with van der Waals surface area (Å²) in [6, 6.07) is 0. The molecule has 1 saturated heterocycles. The van der Waals surface area contributed by atoms with Crippen molar-refractivity contribution in [3.05, 3.63) is 0 Å². The Balaban J connectivity index is 1.21. The largest absolute Gasteiger partial charge is 0.390 e. The van der Waals surface area contributed by atoms with Gasteiger partial charge in [-0.15, -0.1) is 0 Å². The van der Waals surface area contributed by atoms with Crippen LogP contribution in [0.2, 0.25) is 0 Å². The lowest BCUT2D eigenvalue weighted by molar-refractivity contribution is -0.264. The van der Waals surface area contributed by atoms with Crippen LogP contribution in [0.25, 0.3) is 0 Å². The van der Waals surface area contributed by atoms with E-state index in [0.29, 0.717) is 30.1 Å². The van der Waals surface area contributed by atoms with Crippen molar-refractivity contribution in [2.45, 2.75) is 155 Å². The Hall–Kier alpha value is -0.280. The molecule has 1 aliphatic heterocycles. The minimum atomic E-state index is -0.841. The molecule has 0 aromatic rings. The van der Waals surface area contributed by atoms with Crippen LogP contribution in [0.1, 0.15) is 113 Å². The summed E-state index contributed by atoms with van der Waals surface area (Å²) in [4.78, 5) is 0. The van der Waals surface area contributed by atoms with Gasteiger partial charge < -0.3 is 35.0 Å². The number of aliphatic hydroxyl groups excluding tert-OH is 4. The van der Waals surface area contributed by atoms with Gasteiger partial charge in [-0.1, -0.05) is 47.5 Å². The molecule has 0 aromatic heterocycles. The van der Waals surface area contributed by atoms with Gasteiger partial charge in [-0.25, -0.2) is 0 Å². The third-order valence-corrected chi connectivity index (χ3v) is 14.8. The topological polar surface area (TPSA) is 120 Å². The van der Waals surface area contributed by atoms with Crippen LogP contribution in [0, 0.1) is 57.2 Å². The van der Waals surface area contributed by atoms with Gasteiger partial charge in [0, 0.05) is 6.42 Å². The predicted molar refractivity (Wildman–Crippen MR) is 160 cm³/mol. The molecule has 5 N–H and O–H groups in total. The van der Waals surface area contributed by atoms with Crippen molar-refractivity contribution < 1.29 is 35.0 Å². The Morgan fingerprint density at radius 1 is 0.929 bits per heavy atom. The molecule has 6 aliphatic rings. The summed E-state index contributed by atoms with van der Waals surface area (Å²) in [7, 11) is 0. The van der Waals surface area contributed by atoms with E-state index in [0.717, 1.165) is 51.4 Å². The molecule has 7 nitrogen and oxygen atoms in total. The molecule has 6 fully saturated rings. The van der Waals surface area contributed by atoms with Gasteiger partial charge in [0.25, 0.3) is 0 Å². The first-order chi connectivity index (χ1) is 19.5. The lowest BCUT2D eigenvalue weighted by Crippen LogP contribution is -2.56. The van der Waals surface area contributed by atoms with E-state index >= 15 is 0 Å². The van der Waals surface area contributed by atoms with Crippen LogP contribution in [0.5, 0.6) is 0 Å². The van der Waals surface area contributed by atoms with Gasteiger partial charge in [-0.2, -0.15) is 0 Å². The minimum Gasteiger partial charge on any atom is -0.390 e. The van der Waals surface area contributed by atoms with Crippen LogP contribution in [0.3, 0.4) is 0 Å². The average Bonchev–Trinajstić information content (AvgIpc) is 3.34. The van der Waals surface area contributed by atoms with Crippen molar-refractivity contribution in [2.75, 3.05) is 6.61 Å². The van der Waals surface area contributed by atoms with E-state index in [4.69, 9.17) is 9.47 Å². The van der Waals surface area contributed by atoms with Gasteiger partial charge in [-0.3, -0.25) is 0 Å². The number of rotatable bonds is 7. The Bertz CT molecular complexity index is 1010. The highest BCUT2D eigenvalue weighted by Gasteiger charge is 2.85. The summed E-state index contributed by atoms with van der Waals surface area (Å²) in [6.45, 7) is 15.7. The molecule has 4 unspecified atom stereocenters. The molecule has 6 rings (SSSR count). The SMILES string of the molecule is C[C@H](CCCC(C)(C)O)[C@H]1[C@H](O)C(O)C2[C@@H]3CCC4C(C)(C)[C@@H](O[C@H]5C[C@@H](O)[C@H](O)CO5)CCC45[C@@H](C)[C@@]35CC[C@@]21C. The minimum absolute atomic E-state index is 0.0442. The summed E-state index contributed by atoms with van der Waals surface area (Å²) in [5, 5.41) is 53.8. The van der Waals surface area contributed by atoms with Crippen LogP contribution in [-0.4, -0.2) is 74.6 Å². The van der Waals surface area contributed by atoms with E-state index in [9.17, 15) is 25.5 Å². The maximum atomic E-state index is 11.8. The third-order valence-electron chi connectivity index (χ3n) is 14.8. The van der Waals surface area contributed by atoms with Crippen LogP contribution < -0.4 is 0 Å². The molecule has 15 atom stereocenters. The van der Waals surface area contributed by atoms with Gasteiger partial charge >= 0.3 is 0 Å². The lowest BCUT2D eigenvalue weighted by Gasteiger charge is -2.60. The van der Waals surface area contributed by atoms with Crippen LogP contribution in [0.4, 0.5) is 0 Å². The molecule has 242 valence electrons. The number of hydrogen-bond acceptors (Lipinski definition) is 7. The monoisotopic (exact) mass is 592 g/mol. The summed E-state index contributed by atoms with van der Waals surface area (Å²) >= 11 is 0.